The Bertz CT molecular complexity index is 332. The van der Waals surface area contributed by atoms with Crippen molar-refractivity contribution in [1.29, 1.82) is 5.41 Å². The number of hydrogen-bond donors (Lipinski definition) is 1. The molecule has 0 amide bonds. The molecule has 0 aliphatic heterocycles. The minimum Gasteiger partial charge on any atom is -0.303 e. The zero-order chi connectivity index (χ0) is 11.7. The lowest BCUT2D eigenvalue weighted by molar-refractivity contribution is -0.107. The third kappa shape index (κ3) is 5.57. The summed E-state index contributed by atoms with van der Waals surface area (Å²) in [7, 11) is 0. The summed E-state index contributed by atoms with van der Waals surface area (Å²) in [5.74, 6) is 0. The third-order valence-corrected chi connectivity index (χ3v) is 1.82. The smallest absolute Gasteiger partial charge is 0.124 e. The lowest BCUT2D eigenvalue weighted by Gasteiger charge is -1.97. The SMILES string of the molecule is C=C/C(=C\C=C(/C)CC=O)C(=N)/C=C\C. The van der Waals surface area contributed by atoms with E-state index in [0.29, 0.717) is 12.1 Å². The summed E-state index contributed by atoms with van der Waals surface area (Å²) < 4.78 is 0. The van der Waals surface area contributed by atoms with E-state index in [9.17, 15) is 4.79 Å². The molecule has 0 rings (SSSR count). The molecule has 0 bridgehead atoms. The Balaban J connectivity index is 4.74. The highest BCUT2D eigenvalue weighted by Crippen LogP contribution is 2.04. The Labute approximate surface area is 91.2 Å². The Morgan fingerprint density at radius 1 is 1.40 bits per heavy atom. The van der Waals surface area contributed by atoms with E-state index in [1.54, 1.807) is 18.2 Å². The quantitative estimate of drug-likeness (QED) is 0.402. The van der Waals surface area contributed by atoms with Crippen LogP contribution in [-0.4, -0.2) is 12.0 Å². The van der Waals surface area contributed by atoms with Gasteiger partial charge in [0, 0.05) is 6.42 Å². The fraction of sp³-hybridized carbons (Fsp3) is 0.231. The van der Waals surface area contributed by atoms with E-state index in [1.807, 2.05) is 26.0 Å². The number of rotatable bonds is 6. The van der Waals surface area contributed by atoms with Crippen LogP contribution in [0.1, 0.15) is 20.3 Å². The summed E-state index contributed by atoms with van der Waals surface area (Å²) in [5, 5.41) is 7.67. The highest BCUT2D eigenvalue weighted by atomic mass is 16.1. The monoisotopic (exact) mass is 203 g/mol. The van der Waals surface area contributed by atoms with Crippen LogP contribution in [0.4, 0.5) is 0 Å². The van der Waals surface area contributed by atoms with Crippen molar-refractivity contribution in [3.05, 3.63) is 48.1 Å². The van der Waals surface area contributed by atoms with E-state index >= 15 is 0 Å². The van der Waals surface area contributed by atoms with Crippen LogP contribution in [0, 0.1) is 5.41 Å². The molecular formula is C13H17NO. The van der Waals surface area contributed by atoms with Gasteiger partial charge in [0.1, 0.15) is 6.29 Å². The molecule has 0 aromatic carbocycles. The van der Waals surface area contributed by atoms with Gasteiger partial charge in [0.25, 0.3) is 0 Å². The van der Waals surface area contributed by atoms with Crippen LogP contribution in [-0.2, 0) is 4.79 Å². The Kier molecular flexibility index (Phi) is 6.81. The summed E-state index contributed by atoms with van der Waals surface area (Å²) in [6.45, 7) is 7.39. The highest BCUT2D eigenvalue weighted by molar-refractivity contribution is 6.08. The van der Waals surface area contributed by atoms with Crippen LogP contribution < -0.4 is 0 Å². The maximum absolute atomic E-state index is 10.2. The standard InChI is InChI=1S/C13H17NO/c1-4-6-13(14)12(5-2)8-7-11(3)9-10-15/h4-8,10,14H,2,9H2,1,3H3/b6-4-,11-7+,12-8+,14-13?. The van der Waals surface area contributed by atoms with Crippen molar-refractivity contribution in [3.63, 3.8) is 0 Å². The second kappa shape index (κ2) is 7.68. The molecule has 0 atom stereocenters. The highest BCUT2D eigenvalue weighted by Gasteiger charge is 1.94. The maximum Gasteiger partial charge on any atom is 0.124 e. The number of carbonyl (C=O) groups is 1. The number of hydrogen-bond acceptors (Lipinski definition) is 2. The van der Waals surface area contributed by atoms with Gasteiger partial charge in [-0.2, -0.15) is 0 Å². The summed E-state index contributed by atoms with van der Waals surface area (Å²) >= 11 is 0. The van der Waals surface area contributed by atoms with E-state index in [-0.39, 0.29) is 0 Å². The molecule has 2 heteroatoms. The third-order valence-electron chi connectivity index (χ3n) is 1.82. The topological polar surface area (TPSA) is 40.9 Å². The molecule has 0 aromatic rings. The molecule has 0 fully saturated rings. The molecule has 2 nitrogen and oxygen atoms in total. The first-order valence-electron chi connectivity index (χ1n) is 4.80. The van der Waals surface area contributed by atoms with Gasteiger partial charge < -0.3 is 10.2 Å². The molecule has 0 heterocycles. The van der Waals surface area contributed by atoms with Crippen molar-refractivity contribution in [2.75, 3.05) is 0 Å². The number of aldehydes is 1. The first-order chi connectivity index (χ1) is 7.15. The van der Waals surface area contributed by atoms with E-state index in [1.165, 1.54) is 0 Å². The normalized spacial score (nSPS) is 12.9. The molecule has 0 aliphatic carbocycles. The molecule has 80 valence electrons. The van der Waals surface area contributed by atoms with Crippen LogP contribution >= 0.6 is 0 Å². The second-order valence-electron chi connectivity index (χ2n) is 3.12. The molecule has 0 aromatic heterocycles. The lowest BCUT2D eigenvalue weighted by Crippen LogP contribution is -1.93. The number of carbonyl (C=O) groups excluding carboxylic acids is 1. The molecule has 0 aliphatic rings. The van der Waals surface area contributed by atoms with Crippen LogP contribution in [0.15, 0.2) is 48.1 Å². The van der Waals surface area contributed by atoms with Gasteiger partial charge in [-0.3, -0.25) is 0 Å². The summed E-state index contributed by atoms with van der Waals surface area (Å²) in [6.07, 6.45) is 10.1. The zero-order valence-electron chi connectivity index (χ0n) is 9.29. The fourth-order valence-electron chi connectivity index (χ4n) is 0.962. The van der Waals surface area contributed by atoms with E-state index in [0.717, 1.165) is 17.4 Å². The van der Waals surface area contributed by atoms with Crippen molar-refractivity contribution >= 4 is 12.0 Å². The molecule has 1 N–H and O–H groups in total. The van der Waals surface area contributed by atoms with Crippen LogP contribution in [0.25, 0.3) is 0 Å². The van der Waals surface area contributed by atoms with Gasteiger partial charge in [0.05, 0.1) is 5.71 Å². The molecule has 0 saturated carbocycles. The van der Waals surface area contributed by atoms with Gasteiger partial charge in [-0.1, -0.05) is 36.5 Å². The largest absolute Gasteiger partial charge is 0.303 e. The van der Waals surface area contributed by atoms with Gasteiger partial charge in [0.15, 0.2) is 0 Å². The number of nitrogens with one attached hydrogen (secondary N) is 1. The minimum atomic E-state index is 0.419. The summed E-state index contributed by atoms with van der Waals surface area (Å²) in [5.41, 5.74) is 2.14. The van der Waals surface area contributed by atoms with Gasteiger partial charge >= 0.3 is 0 Å². The van der Waals surface area contributed by atoms with Crippen LogP contribution in [0.3, 0.4) is 0 Å². The predicted molar refractivity (Wildman–Crippen MR) is 65.3 cm³/mol. The molecule has 0 unspecified atom stereocenters. The fourth-order valence-corrected chi connectivity index (χ4v) is 0.962. The van der Waals surface area contributed by atoms with E-state index in [4.69, 9.17) is 5.41 Å². The predicted octanol–water partition coefficient (Wildman–Crippen LogP) is 3.23. The zero-order valence-corrected chi connectivity index (χ0v) is 9.29. The Morgan fingerprint density at radius 3 is 2.53 bits per heavy atom. The van der Waals surface area contributed by atoms with Gasteiger partial charge in [0.2, 0.25) is 0 Å². The van der Waals surface area contributed by atoms with Crippen molar-refractivity contribution in [3.8, 4) is 0 Å². The van der Waals surface area contributed by atoms with Gasteiger partial charge in [-0.05, 0) is 25.5 Å². The molecule has 0 saturated heterocycles. The van der Waals surface area contributed by atoms with Crippen LogP contribution in [0.5, 0.6) is 0 Å². The van der Waals surface area contributed by atoms with E-state index in [2.05, 4.69) is 6.58 Å². The summed E-state index contributed by atoms with van der Waals surface area (Å²) in [4.78, 5) is 10.2. The molecule has 15 heavy (non-hydrogen) atoms. The first-order valence-corrected chi connectivity index (χ1v) is 4.80. The van der Waals surface area contributed by atoms with Crippen LogP contribution in [0.2, 0.25) is 0 Å². The minimum absolute atomic E-state index is 0.419. The molecule has 0 spiro atoms. The maximum atomic E-state index is 10.2. The summed E-state index contributed by atoms with van der Waals surface area (Å²) in [6, 6.07) is 0. The van der Waals surface area contributed by atoms with Crippen molar-refractivity contribution < 1.29 is 4.79 Å². The second-order valence-corrected chi connectivity index (χ2v) is 3.12. The Hall–Kier alpha value is -1.70. The average molecular weight is 203 g/mol. The van der Waals surface area contributed by atoms with Gasteiger partial charge in [-0.25, -0.2) is 0 Å². The van der Waals surface area contributed by atoms with Gasteiger partial charge in [-0.15, -0.1) is 0 Å². The van der Waals surface area contributed by atoms with Crippen molar-refractivity contribution in [1.82, 2.24) is 0 Å². The lowest BCUT2D eigenvalue weighted by atomic mass is 10.1. The molecular weight excluding hydrogens is 186 g/mol. The van der Waals surface area contributed by atoms with Crippen molar-refractivity contribution in [2.45, 2.75) is 20.3 Å². The Morgan fingerprint density at radius 2 is 2.07 bits per heavy atom. The van der Waals surface area contributed by atoms with E-state index < -0.39 is 0 Å². The average Bonchev–Trinajstić information content (AvgIpc) is 2.19. The van der Waals surface area contributed by atoms with Crippen molar-refractivity contribution in [2.24, 2.45) is 0 Å². The first kappa shape index (κ1) is 13.3. The molecule has 0 radical (unpaired) electrons. The number of allylic oxidation sites excluding steroid dienone is 7.